The fourth-order valence-electron chi connectivity index (χ4n) is 2.42. The van der Waals surface area contributed by atoms with E-state index in [4.69, 9.17) is 11.6 Å². The molecule has 0 heterocycles. The van der Waals surface area contributed by atoms with Crippen LogP contribution < -0.4 is 4.72 Å². The van der Waals surface area contributed by atoms with Crippen molar-refractivity contribution in [2.24, 2.45) is 0 Å². The van der Waals surface area contributed by atoms with Gasteiger partial charge in [-0.15, -0.1) is 0 Å². The number of sulfonamides is 1. The van der Waals surface area contributed by atoms with Crippen LogP contribution in [0.25, 0.3) is 10.8 Å². The first-order valence-corrected chi connectivity index (χ1v) is 9.05. The summed E-state index contributed by atoms with van der Waals surface area (Å²) in [6.45, 7) is 2.14. The van der Waals surface area contributed by atoms with E-state index >= 15 is 0 Å². The van der Waals surface area contributed by atoms with Gasteiger partial charge >= 0.3 is 0 Å². The van der Waals surface area contributed by atoms with Crippen molar-refractivity contribution in [3.8, 4) is 0 Å². The van der Waals surface area contributed by atoms with E-state index in [0.29, 0.717) is 5.02 Å². The number of benzene rings is 3. The molecule has 23 heavy (non-hydrogen) atoms. The third kappa shape index (κ3) is 3.55. The Bertz CT molecular complexity index is 968. The molecule has 3 aromatic carbocycles. The molecule has 0 aliphatic heterocycles. The van der Waals surface area contributed by atoms with Gasteiger partial charge in [-0.2, -0.15) is 0 Å². The molecule has 118 valence electrons. The van der Waals surface area contributed by atoms with Gasteiger partial charge in [0.1, 0.15) is 0 Å². The van der Waals surface area contributed by atoms with Crippen molar-refractivity contribution in [2.45, 2.75) is 18.4 Å². The maximum absolute atomic E-state index is 12.5. The Kier molecular flexibility index (Phi) is 4.39. The zero-order valence-electron chi connectivity index (χ0n) is 12.6. The number of aryl methyl sites for hydroxylation is 1. The topological polar surface area (TPSA) is 46.2 Å². The molecule has 5 heteroatoms. The van der Waals surface area contributed by atoms with Gasteiger partial charge in [0.15, 0.2) is 0 Å². The summed E-state index contributed by atoms with van der Waals surface area (Å²) in [4.78, 5) is 0.260. The van der Waals surface area contributed by atoms with E-state index in [1.165, 1.54) is 0 Å². The lowest BCUT2D eigenvalue weighted by Crippen LogP contribution is -2.23. The highest BCUT2D eigenvalue weighted by Gasteiger charge is 2.14. The minimum Gasteiger partial charge on any atom is -0.207 e. The van der Waals surface area contributed by atoms with Gasteiger partial charge in [-0.25, -0.2) is 13.1 Å². The molecule has 0 saturated carbocycles. The van der Waals surface area contributed by atoms with Gasteiger partial charge in [-0.05, 0) is 53.1 Å². The van der Waals surface area contributed by atoms with Gasteiger partial charge in [-0.3, -0.25) is 0 Å². The molecule has 0 radical (unpaired) electrons. The largest absolute Gasteiger partial charge is 0.240 e. The summed E-state index contributed by atoms with van der Waals surface area (Å²) in [6.07, 6.45) is 0. The molecule has 0 atom stereocenters. The van der Waals surface area contributed by atoms with Gasteiger partial charge in [0.25, 0.3) is 0 Å². The number of halogens is 1. The normalized spacial score (nSPS) is 11.7. The van der Waals surface area contributed by atoms with Crippen molar-refractivity contribution in [1.82, 2.24) is 4.72 Å². The van der Waals surface area contributed by atoms with Crippen LogP contribution in [0.1, 0.15) is 11.1 Å². The molecular formula is C18H16ClNO2S. The number of rotatable bonds is 4. The Morgan fingerprint density at radius 3 is 2.48 bits per heavy atom. The Morgan fingerprint density at radius 1 is 0.957 bits per heavy atom. The summed E-state index contributed by atoms with van der Waals surface area (Å²) in [6, 6.07) is 18.2. The minimum absolute atomic E-state index is 0.210. The second kappa shape index (κ2) is 6.32. The summed E-state index contributed by atoms with van der Waals surface area (Å²) in [7, 11) is -3.57. The molecule has 0 amide bonds. The molecule has 0 aliphatic rings. The standard InChI is InChI=1S/C18H16ClNO2S/c1-13-6-8-17(19)10-16(13)12-20-23(21,22)18-9-7-14-4-2-3-5-15(14)11-18/h2-11,20H,12H2,1H3. The molecule has 0 aliphatic carbocycles. The van der Waals surface area contributed by atoms with Gasteiger partial charge in [0, 0.05) is 11.6 Å². The minimum atomic E-state index is -3.57. The molecule has 0 unspecified atom stereocenters. The van der Waals surface area contributed by atoms with E-state index in [1.807, 2.05) is 43.3 Å². The van der Waals surface area contributed by atoms with E-state index in [-0.39, 0.29) is 11.4 Å². The van der Waals surface area contributed by atoms with Crippen LogP contribution in [-0.2, 0) is 16.6 Å². The van der Waals surface area contributed by atoms with Gasteiger partial charge in [-0.1, -0.05) is 48.0 Å². The molecule has 3 nitrogen and oxygen atoms in total. The van der Waals surface area contributed by atoms with Crippen LogP contribution in [0.2, 0.25) is 5.02 Å². The highest BCUT2D eigenvalue weighted by Crippen LogP contribution is 2.20. The van der Waals surface area contributed by atoms with E-state index in [2.05, 4.69) is 4.72 Å². The average molecular weight is 346 g/mol. The highest BCUT2D eigenvalue weighted by atomic mass is 35.5. The van der Waals surface area contributed by atoms with Crippen molar-refractivity contribution < 1.29 is 8.42 Å². The summed E-state index contributed by atoms with van der Waals surface area (Å²) >= 11 is 5.97. The molecular weight excluding hydrogens is 330 g/mol. The predicted octanol–water partition coefficient (Wildman–Crippen LogP) is 4.28. The van der Waals surface area contributed by atoms with Crippen LogP contribution in [0.3, 0.4) is 0 Å². The molecule has 0 spiro atoms. The van der Waals surface area contributed by atoms with Crippen molar-refractivity contribution in [3.05, 3.63) is 76.8 Å². The Labute approximate surface area is 141 Å². The van der Waals surface area contributed by atoms with Crippen LogP contribution in [0.4, 0.5) is 0 Å². The predicted molar refractivity (Wildman–Crippen MR) is 94.2 cm³/mol. The number of nitrogens with one attached hydrogen (secondary N) is 1. The summed E-state index contributed by atoms with van der Waals surface area (Å²) in [5, 5.41) is 2.50. The molecule has 0 fully saturated rings. The third-order valence-electron chi connectivity index (χ3n) is 3.80. The molecule has 0 saturated heterocycles. The highest BCUT2D eigenvalue weighted by molar-refractivity contribution is 7.89. The molecule has 3 rings (SSSR count). The lowest BCUT2D eigenvalue weighted by Gasteiger charge is -2.10. The molecule has 0 bridgehead atoms. The first-order chi connectivity index (χ1) is 11.0. The maximum atomic E-state index is 12.5. The summed E-state index contributed by atoms with van der Waals surface area (Å²) < 4.78 is 27.6. The molecule has 0 aromatic heterocycles. The van der Waals surface area contributed by atoms with E-state index < -0.39 is 10.0 Å². The van der Waals surface area contributed by atoms with Crippen molar-refractivity contribution in [1.29, 1.82) is 0 Å². The SMILES string of the molecule is Cc1ccc(Cl)cc1CNS(=O)(=O)c1ccc2ccccc2c1. The number of fused-ring (bicyclic) bond motifs is 1. The van der Waals surface area contributed by atoms with E-state index in [9.17, 15) is 8.42 Å². The number of hydrogen-bond acceptors (Lipinski definition) is 2. The van der Waals surface area contributed by atoms with Gasteiger partial charge < -0.3 is 0 Å². The first kappa shape index (κ1) is 16.0. The van der Waals surface area contributed by atoms with Crippen LogP contribution in [0, 0.1) is 6.92 Å². The first-order valence-electron chi connectivity index (χ1n) is 7.19. The lowest BCUT2D eigenvalue weighted by atomic mass is 10.1. The monoisotopic (exact) mass is 345 g/mol. The Hall–Kier alpha value is -1.88. The fraction of sp³-hybridized carbons (Fsp3) is 0.111. The smallest absolute Gasteiger partial charge is 0.207 e. The van der Waals surface area contributed by atoms with E-state index in [0.717, 1.165) is 21.9 Å². The Balaban J connectivity index is 1.87. The second-order valence-electron chi connectivity index (χ2n) is 5.40. The quantitative estimate of drug-likeness (QED) is 0.767. The zero-order chi connectivity index (χ0) is 16.4. The average Bonchev–Trinajstić information content (AvgIpc) is 2.55. The zero-order valence-corrected chi connectivity index (χ0v) is 14.2. The van der Waals surface area contributed by atoms with E-state index in [1.54, 1.807) is 24.3 Å². The van der Waals surface area contributed by atoms with Crippen molar-refractivity contribution in [3.63, 3.8) is 0 Å². The molecule has 1 N–H and O–H groups in total. The fourth-order valence-corrected chi connectivity index (χ4v) is 3.66. The van der Waals surface area contributed by atoms with Crippen molar-refractivity contribution >= 4 is 32.4 Å². The second-order valence-corrected chi connectivity index (χ2v) is 7.61. The Morgan fingerprint density at radius 2 is 1.70 bits per heavy atom. The third-order valence-corrected chi connectivity index (χ3v) is 5.43. The van der Waals surface area contributed by atoms with Crippen LogP contribution in [-0.4, -0.2) is 8.42 Å². The molecule has 3 aromatic rings. The van der Waals surface area contributed by atoms with Gasteiger partial charge in [0.05, 0.1) is 4.90 Å². The number of hydrogen-bond donors (Lipinski definition) is 1. The summed E-state index contributed by atoms with van der Waals surface area (Å²) in [5.74, 6) is 0. The van der Waals surface area contributed by atoms with Crippen LogP contribution in [0.5, 0.6) is 0 Å². The van der Waals surface area contributed by atoms with Crippen molar-refractivity contribution in [2.75, 3.05) is 0 Å². The van der Waals surface area contributed by atoms with Crippen LogP contribution in [0.15, 0.2) is 65.6 Å². The lowest BCUT2D eigenvalue weighted by molar-refractivity contribution is 0.581. The van der Waals surface area contributed by atoms with Gasteiger partial charge in [0.2, 0.25) is 10.0 Å². The van der Waals surface area contributed by atoms with Crippen LogP contribution >= 0.6 is 11.6 Å². The maximum Gasteiger partial charge on any atom is 0.240 e. The summed E-state index contributed by atoms with van der Waals surface area (Å²) in [5.41, 5.74) is 1.86.